The number of morpholine rings is 1. The number of nitrogens with one attached hydrogen (secondary N) is 1. The highest BCUT2D eigenvalue weighted by atomic mass is 16.5. The summed E-state index contributed by atoms with van der Waals surface area (Å²) in [7, 11) is 0. The molecule has 3 aromatic rings. The number of nitrogens with two attached hydrogens (primary N) is 1. The monoisotopic (exact) mass is 445 g/mol. The molecule has 9 heteroatoms. The van der Waals surface area contributed by atoms with Gasteiger partial charge in [0, 0.05) is 18.0 Å². The van der Waals surface area contributed by atoms with Gasteiger partial charge in [-0.3, -0.25) is 14.8 Å². The summed E-state index contributed by atoms with van der Waals surface area (Å²) in [4.78, 5) is 17.1. The predicted octanol–water partition coefficient (Wildman–Crippen LogP) is 2.73. The van der Waals surface area contributed by atoms with E-state index < -0.39 is 6.23 Å². The third-order valence-corrected chi connectivity index (χ3v) is 5.42. The molecule has 5 rings (SSSR count). The molecule has 1 aromatic heterocycles. The first kappa shape index (κ1) is 20.8. The van der Waals surface area contributed by atoms with Crippen LogP contribution in [0.4, 0.5) is 17.2 Å². The molecular formula is C24H23N5O4. The average Bonchev–Trinajstić information content (AvgIpc) is 3.13. The van der Waals surface area contributed by atoms with E-state index >= 15 is 0 Å². The second kappa shape index (κ2) is 8.81. The second-order valence-electron chi connectivity index (χ2n) is 7.59. The molecule has 2 aliphatic heterocycles. The van der Waals surface area contributed by atoms with Crippen molar-refractivity contribution >= 4 is 23.1 Å². The summed E-state index contributed by atoms with van der Waals surface area (Å²) in [5, 5.41) is 17.6. The second-order valence-corrected chi connectivity index (χ2v) is 7.59. The number of aliphatic hydroxyl groups is 1. The first-order chi connectivity index (χ1) is 16.1. The number of rotatable bonds is 5. The van der Waals surface area contributed by atoms with Crippen LogP contribution in [-0.2, 0) is 9.53 Å². The van der Waals surface area contributed by atoms with Crippen LogP contribution in [0, 0.1) is 0 Å². The number of amides is 1. The number of hydrazine groups is 1. The predicted molar refractivity (Wildman–Crippen MR) is 123 cm³/mol. The fraction of sp³-hybridized carbons (Fsp3) is 0.167. The molecule has 33 heavy (non-hydrogen) atoms. The Hall–Kier alpha value is -4.08. The van der Waals surface area contributed by atoms with Gasteiger partial charge in [-0.1, -0.05) is 18.2 Å². The summed E-state index contributed by atoms with van der Waals surface area (Å²) >= 11 is 0. The standard InChI is InChI=1S/C24H23N5O4/c25-21-14-19(10-11-26-21)33-18-8-6-16(7-9-18)27-23(30)22-20-15-32-13-12-28(20)29(24(22)31)17-4-2-1-3-5-17/h1-11,14,24,31H,12-13,15H2,(H2,25,26)(H,27,30). The Labute approximate surface area is 190 Å². The maximum Gasteiger partial charge on any atom is 0.258 e. The van der Waals surface area contributed by atoms with Crippen LogP contribution in [0.5, 0.6) is 11.5 Å². The van der Waals surface area contributed by atoms with Crippen LogP contribution >= 0.6 is 0 Å². The number of anilines is 3. The van der Waals surface area contributed by atoms with E-state index in [0.717, 1.165) is 5.69 Å². The van der Waals surface area contributed by atoms with Crippen molar-refractivity contribution in [2.75, 3.05) is 35.8 Å². The Morgan fingerprint density at radius 3 is 2.67 bits per heavy atom. The topological polar surface area (TPSA) is 113 Å². The highest BCUT2D eigenvalue weighted by Gasteiger charge is 2.42. The Morgan fingerprint density at radius 2 is 1.91 bits per heavy atom. The van der Waals surface area contributed by atoms with E-state index in [1.807, 2.05) is 35.3 Å². The number of benzene rings is 2. The Morgan fingerprint density at radius 1 is 1.12 bits per heavy atom. The van der Waals surface area contributed by atoms with Crippen LogP contribution in [0.15, 0.2) is 84.2 Å². The molecule has 1 atom stereocenters. The van der Waals surface area contributed by atoms with Gasteiger partial charge in [0.2, 0.25) is 0 Å². The van der Waals surface area contributed by atoms with Gasteiger partial charge >= 0.3 is 0 Å². The highest BCUT2D eigenvalue weighted by molar-refractivity contribution is 6.06. The number of para-hydroxylation sites is 1. The number of ether oxygens (including phenoxy) is 2. The zero-order valence-electron chi connectivity index (χ0n) is 17.7. The summed E-state index contributed by atoms with van der Waals surface area (Å²) in [6.07, 6.45) is 0.446. The van der Waals surface area contributed by atoms with Crippen molar-refractivity contribution in [1.82, 2.24) is 9.99 Å². The van der Waals surface area contributed by atoms with Crippen molar-refractivity contribution in [2.45, 2.75) is 6.23 Å². The van der Waals surface area contributed by atoms with Crippen molar-refractivity contribution in [3.63, 3.8) is 0 Å². The van der Waals surface area contributed by atoms with Crippen molar-refractivity contribution in [2.24, 2.45) is 0 Å². The van der Waals surface area contributed by atoms with Gasteiger partial charge in [-0.2, -0.15) is 0 Å². The molecule has 1 saturated heterocycles. The van der Waals surface area contributed by atoms with Crippen LogP contribution in [0.3, 0.4) is 0 Å². The molecule has 0 saturated carbocycles. The molecule has 0 spiro atoms. The molecule has 3 heterocycles. The molecule has 1 fully saturated rings. The number of pyridine rings is 1. The van der Waals surface area contributed by atoms with Gasteiger partial charge < -0.3 is 25.6 Å². The minimum absolute atomic E-state index is 0.255. The number of hydrogen-bond acceptors (Lipinski definition) is 8. The van der Waals surface area contributed by atoms with E-state index in [2.05, 4.69) is 10.3 Å². The van der Waals surface area contributed by atoms with Crippen LogP contribution in [0.25, 0.3) is 0 Å². The average molecular weight is 445 g/mol. The third-order valence-electron chi connectivity index (χ3n) is 5.42. The van der Waals surface area contributed by atoms with Gasteiger partial charge in [0.15, 0.2) is 6.23 Å². The van der Waals surface area contributed by atoms with Crippen LogP contribution in [-0.4, -0.2) is 47.0 Å². The van der Waals surface area contributed by atoms with Crippen LogP contribution in [0.2, 0.25) is 0 Å². The SMILES string of the molecule is Nc1cc(Oc2ccc(NC(=O)C3=C4COCCN4N(c4ccccc4)C3O)cc2)ccn1. The van der Waals surface area contributed by atoms with Crippen LogP contribution in [0.1, 0.15) is 0 Å². The fourth-order valence-electron chi connectivity index (χ4n) is 3.93. The zero-order valence-corrected chi connectivity index (χ0v) is 17.7. The summed E-state index contributed by atoms with van der Waals surface area (Å²) < 4.78 is 11.3. The number of hydrogen-bond donors (Lipinski definition) is 3. The minimum Gasteiger partial charge on any atom is -0.457 e. The van der Waals surface area contributed by atoms with Crippen molar-refractivity contribution in [3.05, 3.63) is 84.2 Å². The van der Waals surface area contributed by atoms with E-state index in [0.29, 0.717) is 41.9 Å². The van der Waals surface area contributed by atoms with E-state index in [1.165, 1.54) is 0 Å². The summed E-state index contributed by atoms with van der Waals surface area (Å²) in [6.45, 7) is 1.31. The quantitative estimate of drug-likeness (QED) is 0.550. The van der Waals surface area contributed by atoms with Crippen LogP contribution < -0.4 is 20.8 Å². The lowest BCUT2D eigenvalue weighted by molar-refractivity contribution is -0.113. The van der Waals surface area contributed by atoms with Crippen molar-refractivity contribution in [1.29, 1.82) is 0 Å². The largest absolute Gasteiger partial charge is 0.457 e. The number of aromatic nitrogens is 1. The van der Waals surface area contributed by atoms with Gasteiger partial charge in [0.05, 0.1) is 36.7 Å². The first-order valence-electron chi connectivity index (χ1n) is 10.5. The molecule has 2 aromatic carbocycles. The molecule has 1 unspecified atom stereocenters. The minimum atomic E-state index is -1.12. The maximum absolute atomic E-state index is 13.2. The summed E-state index contributed by atoms with van der Waals surface area (Å²) in [5.74, 6) is 1.13. The lowest BCUT2D eigenvalue weighted by Gasteiger charge is -2.37. The molecule has 2 aliphatic rings. The Kier molecular flexibility index (Phi) is 5.55. The summed E-state index contributed by atoms with van der Waals surface area (Å²) in [5.41, 5.74) is 7.97. The maximum atomic E-state index is 13.2. The molecule has 9 nitrogen and oxygen atoms in total. The van der Waals surface area contributed by atoms with E-state index in [1.54, 1.807) is 47.6 Å². The number of carbonyl (C=O) groups is 1. The van der Waals surface area contributed by atoms with Gasteiger partial charge in [0.25, 0.3) is 5.91 Å². The number of nitrogens with zero attached hydrogens (tertiary/aromatic N) is 3. The van der Waals surface area contributed by atoms with Gasteiger partial charge in [-0.25, -0.2) is 4.98 Å². The molecule has 4 N–H and O–H groups in total. The van der Waals surface area contributed by atoms with Gasteiger partial charge in [0.1, 0.15) is 17.3 Å². The number of carbonyl (C=O) groups excluding carboxylic acids is 1. The van der Waals surface area contributed by atoms with Gasteiger partial charge in [-0.15, -0.1) is 0 Å². The molecule has 0 bridgehead atoms. The molecule has 1 amide bonds. The van der Waals surface area contributed by atoms with E-state index in [4.69, 9.17) is 15.2 Å². The number of aliphatic hydroxyl groups excluding tert-OH is 1. The van der Waals surface area contributed by atoms with Crippen molar-refractivity contribution in [3.8, 4) is 11.5 Å². The summed E-state index contributed by atoms with van der Waals surface area (Å²) in [6, 6.07) is 19.8. The van der Waals surface area contributed by atoms with E-state index in [9.17, 15) is 9.90 Å². The Balaban J connectivity index is 1.33. The molecule has 168 valence electrons. The highest BCUT2D eigenvalue weighted by Crippen LogP contribution is 2.35. The molecular weight excluding hydrogens is 422 g/mol. The Bertz CT molecular complexity index is 1180. The number of fused-ring (bicyclic) bond motifs is 1. The third kappa shape index (κ3) is 4.19. The molecule has 0 aliphatic carbocycles. The zero-order chi connectivity index (χ0) is 22.8. The first-order valence-corrected chi connectivity index (χ1v) is 10.5. The molecule has 0 radical (unpaired) electrons. The van der Waals surface area contributed by atoms with Gasteiger partial charge in [-0.05, 0) is 42.5 Å². The lowest BCUT2D eigenvalue weighted by Crippen LogP contribution is -2.47. The number of nitrogen functional groups attached to an aromatic ring is 1. The van der Waals surface area contributed by atoms with Crippen molar-refractivity contribution < 1.29 is 19.4 Å². The smallest absolute Gasteiger partial charge is 0.258 e. The van der Waals surface area contributed by atoms with E-state index in [-0.39, 0.29) is 18.1 Å². The fourth-order valence-corrected chi connectivity index (χ4v) is 3.93. The lowest BCUT2D eigenvalue weighted by atomic mass is 10.1. The normalized spacial score (nSPS) is 17.7.